The Hall–Kier alpha value is -3.49. The number of hydrogen-bond donors (Lipinski definition) is 0. The number of carbonyl (C=O) groups excluding carboxylic acids is 1. The van der Waals surface area contributed by atoms with Gasteiger partial charge in [-0.1, -0.05) is 6.08 Å². The molecule has 0 amide bonds. The number of rotatable bonds is 5. The van der Waals surface area contributed by atoms with Crippen LogP contribution >= 0.6 is 0 Å². The first-order valence-corrected chi connectivity index (χ1v) is 7.68. The van der Waals surface area contributed by atoms with Crippen LogP contribution in [-0.4, -0.2) is 21.9 Å². The van der Waals surface area contributed by atoms with Gasteiger partial charge in [-0.25, -0.2) is 9.78 Å². The fraction of sp³-hybridized carbons (Fsp3) is 0.235. The lowest BCUT2D eigenvalue weighted by Crippen LogP contribution is -2.20. The molecule has 1 aromatic carbocycles. The molecule has 0 unspecified atom stereocenters. The lowest BCUT2D eigenvalue weighted by Gasteiger charge is -2.13. The fourth-order valence-electron chi connectivity index (χ4n) is 2.43. The average molecular weight is 358 g/mol. The molecule has 1 aliphatic rings. The van der Waals surface area contributed by atoms with Crippen molar-refractivity contribution >= 4 is 16.9 Å². The zero-order chi connectivity index (χ0) is 18.7. The van der Waals surface area contributed by atoms with Gasteiger partial charge in [0.15, 0.2) is 6.61 Å². The van der Waals surface area contributed by atoms with Crippen molar-refractivity contribution in [2.24, 2.45) is 0 Å². The second kappa shape index (κ2) is 7.18. The molecule has 9 nitrogen and oxygen atoms in total. The van der Waals surface area contributed by atoms with Gasteiger partial charge in [-0.05, 0) is 30.4 Å². The van der Waals surface area contributed by atoms with Crippen LogP contribution in [0.4, 0.5) is 0 Å². The molecule has 26 heavy (non-hydrogen) atoms. The first-order chi connectivity index (χ1) is 12.4. The van der Waals surface area contributed by atoms with E-state index in [1.165, 1.54) is 31.2 Å². The van der Waals surface area contributed by atoms with Crippen molar-refractivity contribution in [1.29, 1.82) is 0 Å². The molecule has 0 bridgehead atoms. The third-order valence-corrected chi connectivity index (χ3v) is 3.58. The van der Waals surface area contributed by atoms with Gasteiger partial charge in [-0.15, -0.1) is 0 Å². The summed E-state index contributed by atoms with van der Waals surface area (Å²) < 4.78 is 15.5. The Kier molecular flexibility index (Phi) is 4.78. The molecule has 2 aromatic rings. The number of hydrogen-bond acceptors (Lipinski definition) is 8. The number of esters is 1. The number of fused-ring (bicyclic) bond motifs is 1. The molecule has 0 fully saturated rings. The Morgan fingerprint density at radius 2 is 2.27 bits per heavy atom. The van der Waals surface area contributed by atoms with Gasteiger partial charge < -0.3 is 13.9 Å². The highest BCUT2D eigenvalue weighted by molar-refractivity contribution is 5.80. The Bertz CT molecular complexity index is 990. The summed E-state index contributed by atoms with van der Waals surface area (Å²) in [7, 11) is 0. The average Bonchev–Trinajstić information content (AvgIpc) is 2.60. The summed E-state index contributed by atoms with van der Waals surface area (Å²) in [6.45, 7) is 1.12. The summed E-state index contributed by atoms with van der Waals surface area (Å²) in [6.07, 6.45) is 4.76. The second-order valence-electron chi connectivity index (χ2n) is 5.53. The van der Waals surface area contributed by atoms with Crippen LogP contribution in [0, 0.1) is 10.1 Å². The topological polar surface area (TPSA) is 122 Å². The van der Waals surface area contributed by atoms with Crippen molar-refractivity contribution in [1.82, 2.24) is 4.98 Å². The number of ether oxygens (including phenoxy) is 2. The molecule has 0 saturated heterocycles. The lowest BCUT2D eigenvalue weighted by molar-refractivity contribution is -0.509. The van der Waals surface area contributed by atoms with E-state index in [9.17, 15) is 19.7 Å². The van der Waals surface area contributed by atoms with Gasteiger partial charge in [-0.2, -0.15) is 0 Å². The number of nitro groups is 1. The van der Waals surface area contributed by atoms with Crippen molar-refractivity contribution in [3.8, 4) is 5.75 Å². The second-order valence-corrected chi connectivity index (χ2v) is 5.53. The molecule has 134 valence electrons. The van der Waals surface area contributed by atoms with Gasteiger partial charge in [0.2, 0.25) is 11.9 Å². The molecule has 1 heterocycles. The number of allylic oxidation sites excluding steroid dienone is 2. The van der Waals surface area contributed by atoms with E-state index >= 15 is 0 Å². The monoisotopic (exact) mass is 358 g/mol. The Morgan fingerprint density at radius 1 is 1.46 bits per heavy atom. The quantitative estimate of drug-likeness (QED) is 0.345. The van der Waals surface area contributed by atoms with Crippen LogP contribution in [0.1, 0.15) is 19.2 Å². The van der Waals surface area contributed by atoms with Gasteiger partial charge in [0.05, 0.1) is 17.3 Å². The summed E-state index contributed by atoms with van der Waals surface area (Å²) in [4.78, 5) is 37.7. The Labute approximate surface area is 146 Å². The van der Waals surface area contributed by atoms with Gasteiger partial charge >= 0.3 is 11.6 Å². The first-order valence-electron chi connectivity index (χ1n) is 7.68. The van der Waals surface area contributed by atoms with E-state index in [0.717, 1.165) is 0 Å². The molecule has 0 spiro atoms. The van der Waals surface area contributed by atoms with E-state index in [-0.39, 0.29) is 30.1 Å². The zero-order valence-corrected chi connectivity index (χ0v) is 13.7. The molecule has 1 aromatic heterocycles. The number of benzene rings is 1. The predicted octanol–water partition coefficient (Wildman–Crippen LogP) is 2.12. The van der Waals surface area contributed by atoms with Crippen LogP contribution in [0.25, 0.3) is 10.9 Å². The standard InChI is InChI=1S/C17H14N2O7/c1-10(20)25-13-5-6-15-14(8-13)17(21)26-16(18-15)9-24-12-4-2-3-11(7-12)19(22)23/h2-6,8,11H,7,9H2,1H3/t11-/m0/s1. The third-order valence-electron chi connectivity index (χ3n) is 3.58. The van der Waals surface area contributed by atoms with Crippen LogP contribution in [0.3, 0.4) is 0 Å². The summed E-state index contributed by atoms with van der Waals surface area (Å²) in [5.74, 6) is 0.155. The maximum Gasteiger partial charge on any atom is 0.347 e. The molecule has 1 aliphatic carbocycles. The highest BCUT2D eigenvalue weighted by Crippen LogP contribution is 2.20. The van der Waals surface area contributed by atoms with Crippen LogP contribution in [0.15, 0.2) is 51.4 Å². The molecule has 0 radical (unpaired) electrons. The molecule has 9 heteroatoms. The van der Waals surface area contributed by atoms with Crippen LogP contribution in [0.2, 0.25) is 0 Å². The van der Waals surface area contributed by atoms with Crippen LogP contribution in [0.5, 0.6) is 5.75 Å². The Balaban J connectivity index is 1.76. The Morgan fingerprint density at radius 3 is 3.00 bits per heavy atom. The number of aromatic nitrogens is 1. The van der Waals surface area contributed by atoms with Gasteiger partial charge in [0.25, 0.3) is 0 Å². The SMILES string of the molecule is CC(=O)Oc1ccc2nc(COC3=CC=C[C@H]([N+](=O)[O-])C3)oc(=O)c2c1. The predicted molar refractivity (Wildman–Crippen MR) is 89.0 cm³/mol. The van der Waals surface area contributed by atoms with E-state index < -0.39 is 22.6 Å². The molecular formula is C17H14N2O7. The van der Waals surface area contributed by atoms with Gasteiger partial charge in [-0.3, -0.25) is 14.9 Å². The van der Waals surface area contributed by atoms with Gasteiger partial charge in [0.1, 0.15) is 11.5 Å². The lowest BCUT2D eigenvalue weighted by atomic mass is 10.1. The van der Waals surface area contributed by atoms with E-state index in [0.29, 0.717) is 11.3 Å². The van der Waals surface area contributed by atoms with Gasteiger partial charge in [0, 0.05) is 11.8 Å². The molecular weight excluding hydrogens is 344 g/mol. The highest BCUT2D eigenvalue weighted by atomic mass is 16.6. The fourth-order valence-corrected chi connectivity index (χ4v) is 2.43. The molecule has 1 atom stereocenters. The molecule has 0 saturated carbocycles. The van der Waals surface area contributed by atoms with Crippen molar-refractivity contribution in [3.63, 3.8) is 0 Å². The van der Waals surface area contributed by atoms with Crippen LogP contribution in [-0.2, 0) is 16.1 Å². The largest absolute Gasteiger partial charge is 0.488 e. The van der Waals surface area contributed by atoms with Crippen molar-refractivity contribution < 1.29 is 23.6 Å². The van der Waals surface area contributed by atoms with E-state index in [4.69, 9.17) is 13.9 Å². The molecule has 0 aliphatic heterocycles. The minimum Gasteiger partial charge on any atom is -0.488 e. The van der Waals surface area contributed by atoms with E-state index in [1.54, 1.807) is 12.2 Å². The summed E-state index contributed by atoms with van der Waals surface area (Å²) in [5, 5.41) is 11.0. The van der Waals surface area contributed by atoms with Crippen molar-refractivity contribution in [3.05, 3.63) is 68.6 Å². The molecule has 3 rings (SSSR count). The van der Waals surface area contributed by atoms with Crippen molar-refractivity contribution in [2.75, 3.05) is 0 Å². The minimum atomic E-state index is -0.841. The smallest absolute Gasteiger partial charge is 0.347 e. The maximum absolute atomic E-state index is 12.1. The number of nitrogens with zero attached hydrogens (tertiary/aromatic N) is 2. The van der Waals surface area contributed by atoms with E-state index in [1.807, 2.05) is 0 Å². The maximum atomic E-state index is 12.1. The zero-order valence-electron chi connectivity index (χ0n) is 13.7. The third kappa shape index (κ3) is 3.94. The first kappa shape index (κ1) is 17.3. The van der Waals surface area contributed by atoms with Crippen molar-refractivity contribution in [2.45, 2.75) is 26.0 Å². The minimum absolute atomic E-state index is 0.0378. The van der Waals surface area contributed by atoms with Crippen LogP contribution < -0.4 is 10.4 Å². The molecule has 0 N–H and O–H groups in total. The van der Waals surface area contributed by atoms with E-state index in [2.05, 4.69) is 4.98 Å². The normalized spacial score (nSPS) is 16.2. The highest BCUT2D eigenvalue weighted by Gasteiger charge is 2.22. The summed E-state index contributed by atoms with van der Waals surface area (Å²) >= 11 is 0. The summed E-state index contributed by atoms with van der Waals surface area (Å²) in [6, 6.07) is 3.57. The number of carbonyl (C=O) groups is 1. The summed E-state index contributed by atoms with van der Waals surface area (Å²) in [5.41, 5.74) is -0.292.